The monoisotopic (exact) mass is 441 g/mol. The average Bonchev–Trinajstić information content (AvgIpc) is 3.10. The quantitative estimate of drug-likeness (QED) is 0.423. The van der Waals surface area contributed by atoms with Crippen molar-refractivity contribution in [3.8, 4) is 5.75 Å². The Balaban J connectivity index is 1.71. The van der Waals surface area contributed by atoms with Gasteiger partial charge in [0.2, 0.25) is 9.84 Å². The number of aromatic nitrogens is 1. The lowest BCUT2D eigenvalue weighted by atomic mass is 10.2. The maximum atomic E-state index is 13.1. The van der Waals surface area contributed by atoms with E-state index < -0.39 is 9.84 Å². The minimum Gasteiger partial charge on any atom is -0.471 e. The van der Waals surface area contributed by atoms with Crippen LogP contribution in [0.4, 0.5) is 0 Å². The van der Waals surface area contributed by atoms with Crippen molar-refractivity contribution in [2.75, 3.05) is 0 Å². The van der Waals surface area contributed by atoms with Crippen molar-refractivity contribution in [1.82, 2.24) is 4.57 Å². The average molecular weight is 442 g/mol. The third kappa shape index (κ3) is 3.38. The van der Waals surface area contributed by atoms with Crippen molar-refractivity contribution < 1.29 is 13.2 Å². The van der Waals surface area contributed by atoms with Gasteiger partial charge in [-0.15, -0.1) is 0 Å². The second-order valence-electron chi connectivity index (χ2n) is 6.00. The molecule has 136 valence electrons. The lowest BCUT2D eigenvalue weighted by Crippen LogP contribution is -2.09. The van der Waals surface area contributed by atoms with Crippen LogP contribution in [0.2, 0.25) is 0 Å². The summed E-state index contributed by atoms with van der Waals surface area (Å²) in [7, 11) is -3.71. The number of benzene rings is 3. The second-order valence-corrected chi connectivity index (χ2v) is 8.74. The molecule has 4 aromatic rings. The largest absolute Gasteiger partial charge is 0.471 e. The lowest BCUT2D eigenvalue weighted by Gasteiger charge is -2.14. The van der Waals surface area contributed by atoms with Gasteiger partial charge in [0, 0.05) is 10.7 Å². The number of hydrogen-bond acceptors (Lipinski definition) is 3. The van der Waals surface area contributed by atoms with Gasteiger partial charge >= 0.3 is 0 Å². The fourth-order valence-corrected chi connectivity index (χ4v) is 5.43. The number of fused-ring (bicyclic) bond motifs is 1. The zero-order valence-corrected chi connectivity index (χ0v) is 16.7. The van der Waals surface area contributed by atoms with Crippen molar-refractivity contribution in [3.63, 3.8) is 0 Å². The Hall–Kier alpha value is -2.57. The Bertz CT molecular complexity index is 1200. The number of halogens is 1. The molecule has 0 aliphatic carbocycles. The molecule has 0 amide bonds. The topological polar surface area (TPSA) is 48.3 Å². The van der Waals surface area contributed by atoms with Crippen molar-refractivity contribution in [3.05, 3.63) is 89.5 Å². The zero-order valence-electron chi connectivity index (χ0n) is 14.2. The third-order valence-corrected chi connectivity index (χ3v) is 7.07. The van der Waals surface area contributed by atoms with Crippen LogP contribution < -0.4 is 4.74 Å². The first-order chi connectivity index (χ1) is 13.1. The molecule has 0 aliphatic heterocycles. The number of ether oxygens (including phenoxy) is 1. The summed E-state index contributed by atoms with van der Waals surface area (Å²) in [6.45, 7) is 0.210. The first-order valence-electron chi connectivity index (χ1n) is 8.33. The minimum absolute atomic E-state index is 0.132. The fourth-order valence-electron chi connectivity index (χ4n) is 2.97. The van der Waals surface area contributed by atoms with Crippen molar-refractivity contribution >= 4 is 36.7 Å². The molecule has 0 spiro atoms. The minimum atomic E-state index is -3.71. The van der Waals surface area contributed by atoms with Crippen LogP contribution >= 0.6 is 15.9 Å². The summed E-state index contributed by atoms with van der Waals surface area (Å²) in [5.41, 5.74) is 1.03. The molecule has 27 heavy (non-hydrogen) atoms. The molecule has 3 aromatic carbocycles. The highest BCUT2D eigenvalue weighted by molar-refractivity contribution is 9.10. The van der Waals surface area contributed by atoms with Crippen LogP contribution in [-0.2, 0) is 16.6 Å². The maximum Gasteiger partial charge on any atom is 0.211 e. The molecule has 1 heterocycles. The van der Waals surface area contributed by atoms with Crippen LogP contribution in [-0.4, -0.2) is 13.0 Å². The SMILES string of the molecule is O=S(=O)(c1ccccc1)c1c(Br)cccc1OCn1ccc2ccccc21. The van der Waals surface area contributed by atoms with Crippen LogP contribution in [0.25, 0.3) is 10.9 Å². The molecule has 0 bridgehead atoms. The summed E-state index contributed by atoms with van der Waals surface area (Å²) < 4.78 is 34.6. The standard InChI is InChI=1S/C21H16BrNO3S/c22-18-10-6-12-20(21(18)27(24,25)17-8-2-1-3-9-17)26-15-23-14-13-16-7-4-5-11-19(16)23/h1-14H,15H2. The Kier molecular flexibility index (Phi) is 4.76. The Morgan fingerprint density at radius 2 is 1.59 bits per heavy atom. The Labute approximate surface area is 166 Å². The van der Waals surface area contributed by atoms with E-state index in [1.807, 2.05) is 41.1 Å². The molecule has 0 saturated carbocycles. The van der Waals surface area contributed by atoms with Crippen molar-refractivity contribution in [2.24, 2.45) is 0 Å². The smallest absolute Gasteiger partial charge is 0.211 e. The lowest BCUT2D eigenvalue weighted by molar-refractivity contribution is 0.235. The van der Waals surface area contributed by atoms with Gasteiger partial charge in [-0.05, 0) is 57.7 Å². The fraction of sp³-hybridized carbons (Fsp3) is 0.0476. The summed E-state index contributed by atoms with van der Waals surface area (Å²) in [4.78, 5) is 0.362. The molecule has 0 aliphatic rings. The summed E-state index contributed by atoms with van der Waals surface area (Å²) in [5, 5.41) is 1.10. The van der Waals surface area contributed by atoms with E-state index in [-0.39, 0.29) is 16.5 Å². The number of rotatable bonds is 5. The second kappa shape index (κ2) is 7.21. The van der Waals surface area contributed by atoms with Gasteiger partial charge in [0.05, 0.1) is 10.4 Å². The van der Waals surface area contributed by atoms with Crippen molar-refractivity contribution in [1.29, 1.82) is 0 Å². The van der Waals surface area contributed by atoms with Crippen LogP contribution in [0, 0.1) is 0 Å². The van der Waals surface area contributed by atoms with Gasteiger partial charge in [0.1, 0.15) is 10.6 Å². The van der Waals surface area contributed by atoms with Gasteiger partial charge in [-0.25, -0.2) is 8.42 Å². The third-order valence-electron chi connectivity index (χ3n) is 4.29. The molecule has 0 N–H and O–H groups in total. The molecule has 0 atom stereocenters. The van der Waals surface area contributed by atoms with Gasteiger partial charge in [0.25, 0.3) is 0 Å². The zero-order chi connectivity index (χ0) is 18.9. The molecular weight excluding hydrogens is 426 g/mol. The van der Waals surface area contributed by atoms with Gasteiger partial charge in [0.15, 0.2) is 6.73 Å². The summed E-state index contributed by atoms with van der Waals surface area (Å²) >= 11 is 3.37. The predicted molar refractivity (Wildman–Crippen MR) is 109 cm³/mol. The number of nitrogens with zero attached hydrogens (tertiary/aromatic N) is 1. The van der Waals surface area contributed by atoms with E-state index in [1.165, 1.54) is 0 Å². The van der Waals surface area contributed by atoms with Crippen LogP contribution in [0.15, 0.2) is 99.3 Å². The number of sulfone groups is 1. The van der Waals surface area contributed by atoms with E-state index in [0.717, 1.165) is 10.9 Å². The van der Waals surface area contributed by atoms with Crippen LogP contribution in [0.1, 0.15) is 0 Å². The molecule has 0 radical (unpaired) electrons. The predicted octanol–water partition coefficient (Wildman–Crippen LogP) is 5.27. The molecule has 6 heteroatoms. The number of para-hydroxylation sites is 1. The Morgan fingerprint density at radius 3 is 2.41 bits per heavy atom. The molecular formula is C21H16BrNO3S. The first kappa shape index (κ1) is 17.8. The molecule has 0 unspecified atom stereocenters. The van der Waals surface area contributed by atoms with E-state index >= 15 is 0 Å². The highest BCUT2D eigenvalue weighted by atomic mass is 79.9. The van der Waals surface area contributed by atoms with E-state index in [9.17, 15) is 8.42 Å². The van der Waals surface area contributed by atoms with Crippen LogP contribution in [0.3, 0.4) is 0 Å². The van der Waals surface area contributed by atoms with Crippen molar-refractivity contribution in [2.45, 2.75) is 16.5 Å². The molecule has 0 fully saturated rings. The first-order valence-corrected chi connectivity index (χ1v) is 10.6. The van der Waals surface area contributed by atoms with E-state index in [4.69, 9.17) is 4.74 Å². The highest BCUT2D eigenvalue weighted by Gasteiger charge is 2.25. The summed E-state index contributed by atoms with van der Waals surface area (Å²) in [5.74, 6) is 0.311. The Morgan fingerprint density at radius 1 is 0.852 bits per heavy atom. The van der Waals surface area contributed by atoms with Gasteiger partial charge < -0.3 is 9.30 Å². The van der Waals surface area contributed by atoms with E-state index in [0.29, 0.717) is 10.2 Å². The number of hydrogen-bond donors (Lipinski definition) is 0. The summed E-state index contributed by atoms with van der Waals surface area (Å²) in [6.07, 6.45) is 1.92. The van der Waals surface area contributed by atoms with Crippen LogP contribution in [0.5, 0.6) is 5.75 Å². The van der Waals surface area contributed by atoms with Gasteiger partial charge in [-0.2, -0.15) is 0 Å². The molecule has 4 rings (SSSR count). The molecule has 0 saturated heterocycles. The molecule has 4 nitrogen and oxygen atoms in total. The van der Waals surface area contributed by atoms with Gasteiger partial charge in [-0.3, -0.25) is 0 Å². The van der Waals surface area contributed by atoms with E-state index in [1.54, 1.807) is 48.5 Å². The maximum absolute atomic E-state index is 13.1. The highest BCUT2D eigenvalue weighted by Crippen LogP contribution is 2.35. The van der Waals surface area contributed by atoms with Gasteiger partial charge in [-0.1, -0.05) is 42.5 Å². The van der Waals surface area contributed by atoms with E-state index in [2.05, 4.69) is 15.9 Å². The molecule has 1 aromatic heterocycles. The normalized spacial score (nSPS) is 11.6. The summed E-state index contributed by atoms with van der Waals surface area (Å²) in [6, 6.07) is 23.5.